The molecule has 4 nitrogen and oxygen atoms in total. The maximum Gasteiger partial charge on any atom is 0.206 e. The van der Waals surface area contributed by atoms with E-state index in [2.05, 4.69) is 15.7 Å². The van der Waals surface area contributed by atoms with Gasteiger partial charge in [0.2, 0.25) is 5.96 Å². The second kappa shape index (κ2) is 6.90. The first-order chi connectivity index (χ1) is 8.52. The molecule has 6 heteroatoms. The highest BCUT2D eigenvalue weighted by molar-refractivity contribution is 5.79. The first-order valence-corrected chi connectivity index (χ1v) is 5.71. The van der Waals surface area contributed by atoms with E-state index in [9.17, 15) is 8.78 Å². The van der Waals surface area contributed by atoms with Crippen LogP contribution in [0.5, 0.6) is 0 Å². The fraction of sp³-hybridized carbons (Fsp3) is 0.417. The van der Waals surface area contributed by atoms with E-state index in [1.165, 1.54) is 12.1 Å². The molecule has 0 atom stereocenters. The van der Waals surface area contributed by atoms with E-state index in [1.807, 2.05) is 13.8 Å². The number of benzene rings is 1. The van der Waals surface area contributed by atoms with Crippen molar-refractivity contribution in [3.05, 3.63) is 35.4 Å². The van der Waals surface area contributed by atoms with Crippen molar-refractivity contribution >= 4 is 5.96 Å². The molecule has 0 saturated heterocycles. The van der Waals surface area contributed by atoms with Crippen LogP contribution in [0.4, 0.5) is 8.78 Å². The van der Waals surface area contributed by atoms with E-state index in [-0.39, 0.29) is 6.54 Å². The van der Waals surface area contributed by atoms with Crippen molar-refractivity contribution in [1.29, 1.82) is 0 Å². The first kappa shape index (κ1) is 14.4. The number of rotatable bonds is 4. The molecule has 0 aliphatic carbocycles. The third kappa shape index (κ3) is 4.67. The summed E-state index contributed by atoms with van der Waals surface area (Å²) in [5.74, 6) is 4.89. The summed E-state index contributed by atoms with van der Waals surface area (Å²) in [7, 11) is 0. The van der Waals surface area contributed by atoms with Crippen LogP contribution in [-0.4, -0.2) is 12.5 Å². The molecule has 4 N–H and O–H groups in total. The Balaban J connectivity index is 2.64. The molecule has 0 fully saturated rings. The zero-order chi connectivity index (χ0) is 13.5. The lowest BCUT2D eigenvalue weighted by molar-refractivity contribution is 0.572. The van der Waals surface area contributed by atoms with Gasteiger partial charge in [-0.05, 0) is 12.0 Å². The SMILES string of the molecule is CC(C)CNC(=NCc1ccc(F)cc1F)NN. The summed E-state index contributed by atoms with van der Waals surface area (Å²) in [4.78, 5) is 4.08. The van der Waals surface area contributed by atoms with Crippen molar-refractivity contribution in [2.45, 2.75) is 20.4 Å². The summed E-state index contributed by atoms with van der Waals surface area (Å²) in [6, 6.07) is 3.40. The number of hydrogen-bond acceptors (Lipinski definition) is 2. The smallest absolute Gasteiger partial charge is 0.206 e. The molecule has 0 aromatic heterocycles. The molecule has 1 aromatic carbocycles. The molecule has 0 saturated carbocycles. The Hall–Kier alpha value is -1.69. The quantitative estimate of drug-likeness (QED) is 0.331. The van der Waals surface area contributed by atoms with Crippen molar-refractivity contribution in [1.82, 2.24) is 10.7 Å². The molecule has 0 heterocycles. The number of halogens is 2. The molecule has 100 valence electrons. The molecule has 0 unspecified atom stereocenters. The average Bonchev–Trinajstić information content (AvgIpc) is 2.31. The van der Waals surface area contributed by atoms with E-state index in [1.54, 1.807) is 0 Å². The molecule has 0 spiro atoms. The number of nitrogens with one attached hydrogen (secondary N) is 2. The van der Waals surface area contributed by atoms with Gasteiger partial charge in [0.1, 0.15) is 11.6 Å². The Morgan fingerprint density at radius 1 is 1.39 bits per heavy atom. The lowest BCUT2D eigenvalue weighted by atomic mass is 10.2. The van der Waals surface area contributed by atoms with Gasteiger partial charge in [0.15, 0.2) is 0 Å². The molecule has 0 aliphatic heterocycles. The van der Waals surface area contributed by atoms with Gasteiger partial charge >= 0.3 is 0 Å². The van der Waals surface area contributed by atoms with Gasteiger partial charge < -0.3 is 5.32 Å². The number of hydrazine groups is 1. The van der Waals surface area contributed by atoms with Gasteiger partial charge in [0.05, 0.1) is 6.54 Å². The highest BCUT2D eigenvalue weighted by atomic mass is 19.1. The maximum atomic E-state index is 13.3. The fourth-order valence-electron chi connectivity index (χ4n) is 1.27. The van der Waals surface area contributed by atoms with Gasteiger partial charge in [-0.15, -0.1) is 0 Å². The Kier molecular flexibility index (Phi) is 5.51. The van der Waals surface area contributed by atoms with E-state index >= 15 is 0 Å². The van der Waals surface area contributed by atoms with E-state index in [0.29, 0.717) is 24.0 Å². The molecule has 0 amide bonds. The molecular formula is C12H18F2N4. The molecular weight excluding hydrogens is 238 g/mol. The molecule has 1 aromatic rings. The predicted octanol–water partition coefficient (Wildman–Crippen LogP) is 1.53. The van der Waals surface area contributed by atoms with Gasteiger partial charge in [0.25, 0.3) is 0 Å². The van der Waals surface area contributed by atoms with Crippen LogP contribution in [0.3, 0.4) is 0 Å². The van der Waals surface area contributed by atoms with Crippen LogP contribution in [0.2, 0.25) is 0 Å². The van der Waals surface area contributed by atoms with Crippen molar-refractivity contribution in [3.8, 4) is 0 Å². The normalized spacial score (nSPS) is 11.8. The average molecular weight is 256 g/mol. The first-order valence-electron chi connectivity index (χ1n) is 5.71. The summed E-state index contributed by atoms with van der Waals surface area (Å²) in [6.45, 7) is 4.88. The van der Waals surface area contributed by atoms with E-state index in [4.69, 9.17) is 5.84 Å². The summed E-state index contributed by atoms with van der Waals surface area (Å²) in [5.41, 5.74) is 2.72. The monoisotopic (exact) mass is 256 g/mol. The molecule has 18 heavy (non-hydrogen) atoms. The summed E-state index contributed by atoms with van der Waals surface area (Å²) in [5, 5.41) is 2.99. The van der Waals surface area contributed by atoms with Crippen molar-refractivity contribution in [2.24, 2.45) is 16.8 Å². The van der Waals surface area contributed by atoms with Crippen LogP contribution >= 0.6 is 0 Å². The summed E-state index contributed by atoms with van der Waals surface area (Å²) in [6.07, 6.45) is 0. The zero-order valence-electron chi connectivity index (χ0n) is 10.5. The second-order valence-electron chi connectivity index (χ2n) is 4.32. The highest BCUT2D eigenvalue weighted by Gasteiger charge is 2.04. The molecule has 1 rings (SSSR count). The van der Waals surface area contributed by atoms with E-state index in [0.717, 1.165) is 6.07 Å². The lowest BCUT2D eigenvalue weighted by Gasteiger charge is -2.11. The number of hydrogen-bond donors (Lipinski definition) is 3. The van der Waals surface area contributed by atoms with Gasteiger partial charge in [-0.25, -0.2) is 19.6 Å². The lowest BCUT2D eigenvalue weighted by Crippen LogP contribution is -2.43. The third-order valence-corrected chi connectivity index (χ3v) is 2.24. The van der Waals surface area contributed by atoms with Crippen LogP contribution in [0.1, 0.15) is 19.4 Å². The standard InChI is InChI=1S/C12H18F2N4/c1-8(2)6-16-12(18-15)17-7-9-3-4-10(13)5-11(9)14/h3-5,8H,6-7,15H2,1-2H3,(H2,16,17,18). The van der Waals surface area contributed by atoms with Crippen LogP contribution in [0.25, 0.3) is 0 Å². The van der Waals surface area contributed by atoms with E-state index < -0.39 is 11.6 Å². The van der Waals surface area contributed by atoms with Crippen LogP contribution in [-0.2, 0) is 6.54 Å². The summed E-state index contributed by atoms with van der Waals surface area (Å²) < 4.78 is 26.0. The van der Waals surface area contributed by atoms with Crippen molar-refractivity contribution in [3.63, 3.8) is 0 Å². The van der Waals surface area contributed by atoms with Gasteiger partial charge in [-0.2, -0.15) is 0 Å². The minimum atomic E-state index is -0.612. The number of guanidine groups is 1. The fourth-order valence-corrected chi connectivity index (χ4v) is 1.27. The zero-order valence-corrected chi connectivity index (χ0v) is 10.5. The minimum Gasteiger partial charge on any atom is -0.355 e. The number of nitrogens with zero attached hydrogens (tertiary/aromatic N) is 1. The molecule has 0 bridgehead atoms. The topological polar surface area (TPSA) is 62.4 Å². The Morgan fingerprint density at radius 2 is 2.11 bits per heavy atom. The van der Waals surface area contributed by atoms with Crippen LogP contribution in [0, 0.1) is 17.6 Å². The largest absolute Gasteiger partial charge is 0.355 e. The third-order valence-electron chi connectivity index (χ3n) is 2.24. The van der Waals surface area contributed by atoms with Crippen LogP contribution < -0.4 is 16.6 Å². The Bertz CT molecular complexity index is 419. The van der Waals surface area contributed by atoms with Crippen LogP contribution in [0.15, 0.2) is 23.2 Å². The highest BCUT2D eigenvalue weighted by Crippen LogP contribution is 2.10. The second-order valence-corrected chi connectivity index (χ2v) is 4.32. The summed E-state index contributed by atoms with van der Waals surface area (Å²) >= 11 is 0. The van der Waals surface area contributed by atoms with Gasteiger partial charge in [-0.1, -0.05) is 19.9 Å². The number of nitrogens with two attached hydrogens (primary N) is 1. The Labute approximate surface area is 105 Å². The predicted molar refractivity (Wildman–Crippen MR) is 67.7 cm³/mol. The van der Waals surface area contributed by atoms with Crippen molar-refractivity contribution < 1.29 is 8.78 Å². The molecule has 0 aliphatic rings. The van der Waals surface area contributed by atoms with Gasteiger partial charge in [-0.3, -0.25) is 5.43 Å². The minimum absolute atomic E-state index is 0.0940. The number of aliphatic imine (C=N–C) groups is 1. The van der Waals surface area contributed by atoms with Crippen molar-refractivity contribution in [2.75, 3.05) is 6.54 Å². The molecule has 0 radical (unpaired) electrons. The Morgan fingerprint density at radius 3 is 2.67 bits per heavy atom. The maximum absolute atomic E-state index is 13.3. The van der Waals surface area contributed by atoms with Gasteiger partial charge in [0, 0.05) is 18.2 Å².